The number of anilines is 1. The highest BCUT2D eigenvalue weighted by molar-refractivity contribution is 6.32. The molecule has 0 fully saturated rings. The van der Waals surface area contributed by atoms with Crippen LogP contribution in [0, 0.1) is 6.92 Å². The van der Waals surface area contributed by atoms with Crippen LogP contribution in [0.5, 0.6) is 5.75 Å². The van der Waals surface area contributed by atoms with Gasteiger partial charge in [-0.25, -0.2) is 4.79 Å². The molecule has 2 rings (SSSR count). The van der Waals surface area contributed by atoms with Gasteiger partial charge in [0.1, 0.15) is 5.75 Å². The van der Waals surface area contributed by atoms with E-state index in [1.807, 2.05) is 43.3 Å². The molecule has 2 amide bonds. The SMILES string of the molecule is Cc1cccc(C(C)C)c1NC(=O)NCCCOc1ccccc1Cl. The Bertz CT molecular complexity index is 717. The van der Waals surface area contributed by atoms with Gasteiger partial charge in [-0.1, -0.05) is 55.8 Å². The molecule has 0 heterocycles. The van der Waals surface area contributed by atoms with Crippen LogP contribution in [0.25, 0.3) is 0 Å². The summed E-state index contributed by atoms with van der Waals surface area (Å²) in [7, 11) is 0. The molecule has 0 bridgehead atoms. The Morgan fingerprint density at radius 3 is 2.64 bits per heavy atom. The van der Waals surface area contributed by atoms with Crippen LogP contribution in [0.3, 0.4) is 0 Å². The fourth-order valence-electron chi connectivity index (χ4n) is 2.52. The molecule has 2 aromatic carbocycles. The lowest BCUT2D eigenvalue weighted by Crippen LogP contribution is -2.31. The second-order valence-corrected chi connectivity index (χ2v) is 6.61. The van der Waals surface area contributed by atoms with E-state index in [-0.39, 0.29) is 6.03 Å². The summed E-state index contributed by atoms with van der Waals surface area (Å²) >= 11 is 6.03. The number of rotatable bonds is 7. The summed E-state index contributed by atoms with van der Waals surface area (Å²) in [6, 6.07) is 13.2. The molecule has 5 heteroatoms. The lowest BCUT2D eigenvalue weighted by Gasteiger charge is -2.17. The van der Waals surface area contributed by atoms with E-state index in [1.54, 1.807) is 6.07 Å². The van der Waals surface area contributed by atoms with Gasteiger partial charge in [0.25, 0.3) is 0 Å². The van der Waals surface area contributed by atoms with Gasteiger partial charge < -0.3 is 15.4 Å². The molecular weight excluding hydrogens is 336 g/mol. The van der Waals surface area contributed by atoms with Crippen LogP contribution in [-0.2, 0) is 0 Å². The van der Waals surface area contributed by atoms with Crippen molar-refractivity contribution in [3.05, 3.63) is 58.6 Å². The van der Waals surface area contributed by atoms with Gasteiger partial charge in [0.15, 0.2) is 0 Å². The first-order valence-corrected chi connectivity index (χ1v) is 8.88. The minimum absolute atomic E-state index is 0.200. The Labute approximate surface area is 154 Å². The topological polar surface area (TPSA) is 50.4 Å². The predicted octanol–water partition coefficient (Wildman–Crippen LogP) is 5.36. The van der Waals surface area contributed by atoms with E-state index in [0.717, 1.165) is 16.8 Å². The maximum atomic E-state index is 12.1. The Balaban J connectivity index is 1.77. The molecule has 0 atom stereocenters. The summed E-state index contributed by atoms with van der Waals surface area (Å²) in [5.74, 6) is 1.01. The highest BCUT2D eigenvalue weighted by atomic mass is 35.5. The molecule has 0 saturated carbocycles. The molecule has 0 aliphatic carbocycles. The standard InChI is InChI=1S/C20H25ClN2O2/c1-14(2)16-9-6-8-15(3)19(16)23-20(24)22-12-7-13-25-18-11-5-4-10-17(18)21/h4-6,8-11,14H,7,12-13H2,1-3H3,(H2,22,23,24). The average molecular weight is 361 g/mol. The summed E-state index contributed by atoms with van der Waals surface area (Å²) in [6.07, 6.45) is 0.698. The number of benzene rings is 2. The van der Waals surface area contributed by atoms with Crippen LogP contribution in [-0.4, -0.2) is 19.2 Å². The predicted molar refractivity (Wildman–Crippen MR) is 104 cm³/mol. The van der Waals surface area contributed by atoms with Gasteiger partial charge in [0.05, 0.1) is 11.6 Å². The number of ether oxygens (including phenoxy) is 1. The normalized spacial score (nSPS) is 10.6. The van der Waals surface area contributed by atoms with Gasteiger partial charge >= 0.3 is 6.03 Å². The molecule has 0 unspecified atom stereocenters. The zero-order chi connectivity index (χ0) is 18.2. The van der Waals surface area contributed by atoms with E-state index in [1.165, 1.54) is 0 Å². The lowest BCUT2D eigenvalue weighted by molar-refractivity contribution is 0.250. The van der Waals surface area contributed by atoms with Crippen molar-refractivity contribution in [2.45, 2.75) is 33.1 Å². The molecule has 0 spiro atoms. The third-order valence-corrected chi connectivity index (χ3v) is 4.18. The van der Waals surface area contributed by atoms with Gasteiger partial charge in [-0.2, -0.15) is 0 Å². The smallest absolute Gasteiger partial charge is 0.319 e. The van der Waals surface area contributed by atoms with E-state index in [0.29, 0.717) is 36.3 Å². The van der Waals surface area contributed by atoms with E-state index in [9.17, 15) is 4.79 Å². The van der Waals surface area contributed by atoms with Crippen molar-refractivity contribution >= 4 is 23.3 Å². The number of hydrogen-bond donors (Lipinski definition) is 2. The van der Waals surface area contributed by atoms with Crippen LogP contribution >= 0.6 is 11.6 Å². The zero-order valence-electron chi connectivity index (χ0n) is 14.9. The largest absolute Gasteiger partial charge is 0.492 e. The molecule has 0 aliphatic heterocycles. The minimum Gasteiger partial charge on any atom is -0.492 e. The number of aryl methyl sites for hydroxylation is 1. The maximum absolute atomic E-state index is 12.1. The van der Waals surface area contributed by atoms with Gasteiger partial charge in [-0.15, -0.1) is 0 Å². The van der Waals surface area contributed by atoms with Crippen LogP contribution in [0.2, 0.25) is 5.02 Å². The average Bonchev–Trinajstić information content (AvgIpc) is 2.57. The third-order valence-electron chi connectivity index (χ3n) is 3.87. The molecule has 2 aromatic rings. The number of halogens is 1. The van der Waals surface area contributed by atoms with Crippen molar-refractivity contribution in [3.8, 4) is 5.75 Å². The Kier molecular flexibility index (Phi) is 7.14. The molecular formula is C20H25ClN2O2. The lowest BCUT2D eigenvalue weighted by atomic mass is 9.98. The molecule has 25 heavy (non-hydrogen) atoms. The molecule has 2 N–H and O–H groups in total. The second kappa shape index (κ2) is 9.33. The molecule has 0 saturated heterocycles. The van der Waals surface area contributed by atoms with Crippen molar-refractivity contribution in [1.29, 1.82) is 0 Å². The summed E-state index contributed by atoms with van der Waals surface area (Å²) in [5.41, 5.74) is 3.09. The number of para-hydroxylation sites is 2. The first kappa shape index (κ1) is 19.1. The maximum Gasteiger partial charge on any atom is 0.319 e. The third kappa shape index (κ3) is 5.68. The molecule has 134 valence electrons. The molecule has 0 aliphatic rings. The minimum atomic E-state index is -0.200. The summed E-state index contributed by atoms with van der Waals surface area (Å²) < 4.78 is 5.60. The Hall–Kier alpha value is -2.20. The first-order valence-electron chi connectivity index (χ1n) is 8.50. The molecule has 0 radical (unpaired) electrons. The number of hydrogen-bond acceptors (Lipinski definition) is 2. The van der Waals surface area contributed by atoms with E-state index < -0.39 is 0 Å². The van der Waals surface area contributed by atoms with Crippen molar-refractivity contribution in [2.24, 2.45) is 0 Å². The van der Waals surface area contributed by atoms with Crippen LogP contribution in [0.1, 0.15) is 37.3 Å². The van der Waals surface area contributed by atoms with Crippen LogP contribution < -0.4 is 15.4 Å². The van der Waals surface area contributed by atoms with Crippen molar-refractivity contribution in [3.63, 3.8) is 0 Å². The number of amides is 2. The second-order valence-electron chi connectivity index (χ2n) is 6.21. The summed E-state index contributed by atoms with van der Waals surface area (Å²) in [6.45, 7) is 7.25. The highest BCUT2D eigenvalue weighted by Crippen LogP contribution is 2.27. The van der Waals surface area contributed by atoms with Crippen molar-refractivity contribution < 1.29 is 9.53 Å². The Morgan fingerprint density at radius 2 is 1.92 bits per heavy atom. The van der Waals surface area contributed by atoms with Crippen molar-refractivity contribution in [2.75, 3.05) is 18.5 Å². The molecule has 4 nitrogen and oxygen atoms in total. The zero-order valence-corrected chi connectivity index (χ0v) is 15.7. The van der Waals surface area contributed by atoms with E-state index in [4.69, 9.17) is 16.3 Å². The fraction of sp³-hybridized carbons (Fsp3) is 0.350. The van der Waals surface area contributed by atoms with E-state index in [2.05, 4.69) is 24.5 Å². The quantitative estimate of drug-likeness (QED) is 0.653. The van der Waals surface area contributed by atoms with Gasteiger partial charge in [0, 0.05) is 12.2 Å². The van der Waals surface area contributed by atoms with Gasteiger partial charge in [-0.3, -0.25) is 0 Å². The number of carbonyl (C=O) groups excluding carboxylic acids is 1. The number of nitrogens with one attached hydrogen (secondary N) is 2. The van der Waals surface area contributed by atoms with E-state index >= 15 is 0 Å². The monoisotopic (exact) mass is 360 g/mol. The van der Waals surface area contributed by atoms with Crippen molar-refractivity contribution in [1.82, 2.24) is 5.32 Å². The summed E-state index contributed by atoms with van der Waals surface area (Å²) in [4.78, 5) is 12.1. The number of carbonyl (C=O) groups is 1. The highest BCUT2D eigenvalue weighted by Gasteiger charge is 2.11. The summed E-state index contributed by atoms with van der Waals surface area (Å²) in [5, 5.41) is 6.42. The number of urea groups is 1. The molecule has 0 aromatic heterocycles. The van der Waals surface area contributed by atoms with Gasteiger partial charge in [0.2, 0.25) is 0 Å². The van der Waals surface area contributed by atoms with Crippen LogP contribution in [0.15, 0.2) is 42.5 Å². The first-order chi connectivity index (χ1) is 12.0. The Morgan fingerprint density at radius 1 is 1.16 bits per heavy atom. The van der Waals surface area contributed by atoms with Gasteiger partial charge in [-0.05, 0) is 42.5 Å². The fourth-order valence-corrected chi connectivity index (χ4v) is 2.71. The van der Waals surface area contributed by atoms with Crippen LogP contribution in [0.4, 0.5) is 10.5 Å².